The maximum absolute atomic E-state index is 11.7. The topological polar surface area (TPSA) is 195 Å². The molecule has 0 aromatic carbocycles. The van der Waals surface area contributed by atoms with E-state index in [0.717, 1.165) is 0 Å². The standard InChI is InChI=1S/C28H40O16/c1-15(29)37-11-21(41-17(3)31)27-25(23(13-39-27)43-19(5)33)35-9-7-8-10-36-26-24(44-20(6)34)14-40-28(26)22(42-18(4)32)12-38-16(2)30/h7-8,21-28H,9-14H2,1-6H3/b8-7+/t21-,22-,23+,24+,25-,26-,27-,28-/m1/s1. The van der Waals surface area contributed by atoms with Gasteiger partial charge in [0, 0.05) is 41.5 Å². The normalized spacial score (nSPS) is 26.0. The first-order chi connectivity index (χ1) is 20.8. The first kappa shape index (κ1) is 36.6. The maximum atomic E-state index is 11.7. The number of carbonyl (C=O) groups is 6. The van der Waals surface area contributed by atoms with E-state index in [1.54, 1.807) is 12.2 Å². The average Bonchev–Trinajstić information content (AvgIpc) is 3.48. The van der Waals surface area contributed by atoms with E-state index < -0.39 is 84.6 Å². The van der Waals surface area contributed by atoms with Crippen molar-refractivity contribution in [3.63, 3.8) is 0 Å². The Kier molecular flexibility index (Phi) is 15.2. The minimum Gasteiger partial charge on any atom is -0.462 e. The minimum absolute atomic E-state index is 0.0213. The lowest BCUT2D eigenvalue weighted by Gasteiger charge is -2.28. The molecule has 0 unspecified atom stereocenters. The Bertz CT molecular complexity index is 961. The van der Waals surface area contributed by atoms with Gasteiger partial charge in [-0.1, -0.05) is 12.2 Å². The molecule has 2 aliphatic rings. The highest BCUT2D eigenvalue weighted by atomic mass is 16.7. The molecule has 0 N–H and O–H groups in total. The Morgan fingerprint density at radius 3 is 1.25 bits per heavy atom. The molecule has 0 saturated carbocycles. The van der Waals surface area contributed by atoms with Gasteiger partial charge in [0.2, 0.25) is 0 Å². The summed E-state index contributed by atoms with van der Waals surface area (Å²) in [5.41, 5.74) is 0. The molecule has 2 rings (SSSR count). The zero-order chi connectivity index (χ0) is 32.8. The molecular formula is C28H40O16. The van der Waals surface area contributed by atoms with Gasteiger partial charge in [-0.25, -0.2) is 0 Å². The van der Waals surface area contributed by atoms with Crippen LogP contribution in [0.15, 0.2) is 12.2 Å². The summed E-state index contributed by atoms with van der Waals surface area (Å²) in [5, 5.41) is 0. The van der Waals surface area contributed by atoms with Gasteiger partial charge in [-0.2, -0.15) is 0 Å². The molecule has 2 aliphatic heterocycles. The largest absolute Gasteiger partial charge is 0.462 e. The van der Waals surface area contributed by atoms with Crippen LogP contribution in [0.3, 0.4) is 0 Å². The van der Waals surface area contributed by atoms with Crippen molar-refractivity contribution < 1.29 is 76.1 Å². The fourth-order valence-corrected chi connectivity index (χ4v) is 4.57. The molecule has 16 nitrogen and oxygen atoms in total. The van der Waals surface area contributed by atoms with E-state index in [9.17, 15) is 28.8 Å². The molecule has 2 fully saturated rings. The molecule has 0 bridgehead atoms. The molecular weight excluding hydrogens is 592 g/mol. The van der Waals surface area contributed by atoms with E-state index in [0.29, 0.717) is 0 Å². The van der Waals surface area contributed by atoms with Crippen LogP contribution < -0.4 is 0 Å². The molecule has 0 amide bonds. The molecule has 0 radical (unpaired) electrons. The Labute approximate surface area is 254 Å². The molecule has 0 aliphatic carbocycles. The van der Waals surface area contributed by atoms with Crippen molar-refractivity contribution in [1.29, 1.82) is 0 Å². The summed E-state index contributed by atoms with van der Waals surface area (Å²) >= 11 is 0. The van der Waals surface area contributed by atoms with Crippen LogP contribution in [0.5, 0.6) is 0 Å². The van der Waals surface area contributed by atoms with Gasteiger partial charge in [-0.05, 0) is 0 Å². The van der Waals surface area contributed by atoms with Crippen molar-refractivity contribution in [2.75, 3.05) is 39.6 Å². The van der Waals surface area contributed by atoms with Crippen molar-refractivity contribution in [2.45, 2.75) is 90.4 Å². The molecule has 248 valence electrons. The fourth-order valence-electron chi connectivity index (χ4n) is 4.57. The van der Waals surface area contributed by atoms with Crippen molar-refractivity contribution in [1.82, 2.24) is 0 Å². The second kappa shape index (κ2) is 18.3. The van der Waals surface area contributed by atoms with Crippen LogP contribution in [-0.2, 0) is 76.1 Å². The lowest BCUT2D eigenvalue weighted by Crippen LogP contribution is -2.46. The van der Waals surface area contributed by atoms with Crippen LogP contribution in [0, 0.1) is 0 Å². The Hall–Kier alpha value is -3.60. The predicted molar refractivity (Wildman–Crippen MR) is 144 cm³/mol. The second-order valence-corrected chi connectivity index (χ2v) is 9.86. The summed E-state index contributed by atoms with van der Waals surface area (Å²) < 4.78 is 54.5. The smallest absolute Gasteiger partial charge is 0.303 e. The highest BCUT2D eigenvalue weighted by Gasteiger charge is 2.47. The van der Waals surface area contributed by atoms with Gasteiger partial charge < -0.3 is 47.4 Å². The monoisotopic (exact) mass is 632 g/mol. The number of hydrogen-bond acceptors (Lipinski definition) is 16. The van der Waals surface area contributed by atoms with Crippen molar-refractivity contribution in [2.24, 2.45) is 0 Å². The van der Waals surface area contributed by atoms with Crippen LogP contribution in [0.1, 0.15) is 41.5 Å². The second-order valence-electron chi connectivity index (χ2n) is 9.86. The lowest BCUT2D eigenvalue weighted by molar-refractivity contribution is -0.171. The van der Waals surface area contributed by atoms with Crippen molar-refractivity contribution in [3.8, 4) is 0 Å². The quantitative estimate of drug-likeness (QED) is 0.125. The zero-order valence-electron chi connectivity index (χ0n) is 25.5. The highest BCUT2D eigenvalue weighted by molar-refractivity contribution is 5.68. The predicted octanol–water partition coefficient (Wildman–Crippen LogP) is -0.0364. The molecule has 0 aromatic rings. The number of ether oxygens (including phenoxy) is 10. The summed E-state index contributed by atoms with van der Waals surface area (Å²) in [7, 11) is 0. The van der Waals surface area contributed by atoms with E-state index in [-0.39, 0.29) is 39.6 Å². The van der Waals surface area contributed by atoms with Crippen LogP contribution in [-0.4, -0.2) is 124 Å². The third-order valence-corrected chi connectivity index (χ3v) is 6.13. The highest BCUT2D eigenvalue weighted by Crippen LogP contribution is 2.27. The van der Waals surface area contributed by atoms with E-state index in [1.165, 1.54) is 41.5 Å². The fraction of sp³-hybridized carbons (Fsp3) is 0.714. The third-order valence-electron chi connectivity index (χ3n) is 6.13. The summed E-state index contributed by atoms with van der Waals surface area (Å²) in [6.45, 7) is 6.51. The summed E-state index contributed by atoms with van der Waals surface area (Å²) in [6, 6.07) is 0. The van der Waals surface area contributed by atoms with Gasteiger partial charge in [-0.15, -0.1) is 0 Å². The number of carbonyl (C=O) groups excluding carboxylic acids is 6. The van der Waals surface area contributed by atoms with E-state index >= 15 is 0 Å². The molecule has 0 spiro atoms. The zero-order valence-corrected chi connectivity index (χ0v) is 25.5. The average molecular weight is 633 g/mol. The van der Waals surface area contributed by atoms with Crippen LogP contribution in [0.25, 0.3) is 0 Å². The molecule has 44 heavy (non-hydrogen) atoms. The van der Waals surface area contributed by atoms with Crippen molar-refractivity contribution in [3.05, 3.63) is 12.2 Å². The molecule has 16 heteroatoms. The SMILES string of the molecule is CC(=O)OC[C@@H](OC(C)=O)[C@H]1OC[C@H](OC(C)=O)[C@H]1OC/C=C/CO[C@H]1[C@@H]([C@@H](COC(C)=O)OC(C)=O)OC[C@@H]1OC(C)=O. The molecule has 8 atom stereocenters. The Morgan fingerprint density at radius 1 is 0.591 bits per heavy atom. The van der Waals surface area contributed by atoms with Gasteiger partial charge in [0.1, 0.15) is 37.6 Å². The van der Waals surface area contributed by atoms with Gasteiger partial charge >= 0.3 is 35.8 Å². The number of esters is 6. The Balaban J connectivity index is 2.08. The maximum Gasteiger partial charge on any atom is 0.303 e. The third kappa shape index (κ3) is 12.6. The van der Waals surface area contributed by atoms with Gasteiger partial charge in [0.05, 0.1) is 26.4 Å². The van der Waals surface area contributed by atoms with Crippen LogP contribution in [0.4, 0.5) is 0 Å². The van der Waals surface area contributed by atoms with Crippen LogP contribution >= 0.6 is 0 Å². The number of hydrogen-bond donors (Lipinski definition) is 0. The lowest BCUT2D eigenvalue weighted by atomic mass is 10.1. The molecule has 2 saturated heterocycles. The summed E-state index contributed by atoms with van der Waals surface area (Å²) in [6.07, 6.45) is -4.09. The van der Waals surface area contributed by atoms with Gasteiger partial charge in [0.15, 0.2) is 24.4 Å². The van der Waals surface area contributed by atoms with Crippen molar-refractivity contribution >= 4 is 35.8 Å². The summed E-state index contributed by atoms with van der Waals surface area (Å²) in [5.74, 6) is -3.60. The molecule has 2 heterocycles. The first-order valence-electron chi connectivity index (χ1n) is 13.8. The number of rotatable bonds is 16. The van der Waals surface area contributed by atoms with Gasteiger partial charge in [0.25, 0.3) is 0 Å². The van der Waals surface area contributed by atoms with Crippen LogP contribution in [0.2, 0.25) is 0 Å². The van der Waals surface area contributed by atoms with E-state index in [1.807, 2.05) is 0 Å². The first-order valence-corrected chi connectivity index (χ1v) is 13.8. The van der Waals surface area contributed by atoms with Gasteiger partial charge in [-0.3, -0.25) is 28.8 Å². The molecule has 0 aromatic heterocycles. The van der Waals surface area contributed by atoms with E-state index in [2.05, 4.69) is 0 Å². The minimum atomic E-state index is -1.02. The summed E-state index contributed by atoms with van der Waals surface area (Å²) in [4.78, 5) is 69.3. The van der Waals surface area contributed by atoms with E-state index in [4.69, 9.17) is 47.4 Å². The Morgan fingerprint density at radius 2 is 0.955 bits per heavy atom.